The van der Waals surface area contributed by atoms with Crippen LogP contribution in [-0.4, -0.2) is 50.1 Å². The van der Waals surface area contributed by atoms with Gasteiger partial charge in [-0.25, -0.2) is 4.98 Å². The lowest BCUT2D eigenvalue weighted by Gasteiger charge is -2.14. The maximum atomic E-state index is 13.0. The third-order valence-electron chi connectivity index (χ3n) is 3.75. The topological polar surface area (TPSA) is 125 Å². The predicted molar refractivity (Wildman–Crippen MR) is 83.0 cm³/mol. The van der Waals surface area contributed by atoms with E-state index in [-0.39, 0.29) is 39.7 Å². The summed E-state index contributed by atoms with van der Waals surface area (Å²) in [6, 6.07) is 1.62. The second-order valence-corrected chi connectivity index (χ2v) is 5.05. The Kier molecular flexibility index (Phi) is 3.24. The van der Waals surface area contributed by atoms with Crippen molar-refractivity contribution >= 4 is 22.5 Å². The zero-order valence-corrected chi connectivity index (χ0v) is 13.1. The molecule has 0 aliphatic rings. The Labute approximate surface area is 139 Å². The van der Waals surface area contributed by atoms with Crippen LogP contribution in [0.2, 0.25) is 0 Å². The van der Waals surface area contributed by atoms with E-state index in [9.17, 15) is 9.90 Å². The van der Waals surface area contributed by atoms with Crippen LogP contribution >= 0.6 is 0 Å². The first-order valence-electron chi connectivity index (χ1n) is 7.08. The number of furan rings is 1. The van der Waals surface area contributed by atoms with E-state index >= 15 is 0 Å². The number of rotatable bonds is 4. The molecule has 3 aromatic heterocycles. The molecule has 0 atom stereocenters. The van der Waals surface area contributed by atoms with Gasteiger partial charge >= 0.3 is 0 Å². The van der Waals surface area contributed by atoms with Crippen molar-refractivity contribution in [1.29, 1.82) is 0 Å². The molecule has 1 aromatic carbocycles. The Hall–Kier alpha value is -3.69. The number of carbonyl (C=O) groups excluding carboxylic acids is 1. The lowest BCUT2D eigenvalue weighted by atomic mass is 10.0. The van der Waals surface area contributed by atoms with Crippen LogP contribution in [0.4, 0.5) is 0 Å². The Balaban J connectivity index is 1.98. The van der Waals surface area contributed by atoms with Gasteiger partial charge in [0, 0.05) is 12.4 Å². The van der Waals surface area contributed by atoms with Gasteiger partial charge in [-0.05, 0) is 16.5 Å². The number of benzene rings is 1. The van der Waals surface area contributed by atoms with E-state index in [2.05, 4.69) is 20.5 Å². The number of ether oxygens (including phenoxy) is 2. The molecule has 0 spiro atoms. The molecular formula is C15H11N5O5. The highest BCUT2D eigenvalue weighted by Gasteiger charge is 2.28. The zero-order valence-electron chi connectivity index (χ0n) is 13.1. The number of nitrogens with zero attached hydrogens (tertiary/aromatic N) is 5. The molecule has 4 aromatic rings. The first kappa shape index (κ1) is 14.9. The maximum Gasteiger partial charge on any atom is 0.273 e. The van der Waals surface area contributed by atoms with Gasteiger partial charge in [0.15, 0.2) is 11.3 Å². The summed E-state index contributed by atoms with van der Waals surface area (Å²) in [6.07, 6.45) is 4.15. The fraction of sp³-hybridized carbons (Fsp3) is 0.133. The molecule has 10 nitrogen and oxygen atoms in total. The average molecular weight is 341 g/mol. The van der Waals surface area contributed by atoms with E-state index in [0.29, 0.717) is 5.39 Å². The number of methoxy groups -OCH3 is 2. The number of aromatic nitrogens is 5. The first-order chi connectivity index (χ1) is 12.2. The second kappa shape index (κ2) is 5.44. The van der Waals surface area contributed by atoms with Gasteiger partial charge in [-0.2, -0.15) is 4.52 Å². The molecular weight excluding hydrogens is 330 g/mol. The number of ketones is 1. The number of fused-ring (bicyclic) bond motifs is 2. The molecule has 0 aliphatic carbocycles. The zero-order chi connectivity index (χ0) is 17.6. The van der Waals surface area contributed by atoms with E-state index in [1.54, 1.807) is 6.07 Å². The number of hydrogen-bond acceptors (Lipinski definition) is 9. The summed E-state index contributed by atoms with van der Waals surface area (Å²) >= 11 is 0. The normalized spacial score (nSPS) is 11.1. The lowest BCUT2D eigenvalue weighted by Crippen LogP contribution is -2.08. The first-order valence-corrected chi connectivity index (χ1v) is 7.08. The quantitative estimate of drug-likeness (QED) is 0.545. The summed E-state index contributed by atoms with van der Waals surface area (Å²) in [5, 5.41) is 21.9. The monoisotopic (exact) mass is 341 g/mol. The average Bonchev–Trinajstić information content (AvgIpc) is 3.28. The van der Waals surface area contributed by atoms with Crippen LogP contribution in [0.5, 0.6) is 17.2 Å². The van der Waals surface area contributed by atoms with Crippen LogP contribution in [-0.2, 0) is 0 Å². The third-order valence-corrected chi connectivity index (χ3v) is 3.75. The fourth-order valence-electron chi connectivity index (χ4n) is 2.65. The van der Waals surface area contributed by atoms with Crippen LogP contribution in [0.25, 0.3) is 16.7 Å². The number of carbonyl (C=O) groups is 1. The second-order valence-electron chi connectivity index (χ2n) is 5.05. The van der Waals surface area contributed by atoms with Crippen LogP contribution in [0.15, 0.2) is 29.1 Å². The van der Waals surface area contributed by atoms with E-state index in [0.717, 1.165) is 0 Å². The minimum atomic E-state index is -0.527. The Morgan fingerprint density at radius 2 is 2.08 bits per heavy atom. The fourth-order valence-corrected chi connectivity index (χ4v) is 2.65. The number of tetrazole rings is 1. The summed E-state index contributed by atoms with van der Waals surface area (Å²) in [7, 11) is 2.76. The van der Waals surface area contributed by atoms with E-state index in [1.807, 2.05) is 0 Å². The molecule has 0 saturated carbocycles. The van der Waals surface area contributed by atoms with Gasteiger partial charge in [0.05, 0.1) is 31.4 Å². The van der Waals surface area contributed by atoms with E-state index in [4.69, 9.17) is 13.9 Å². The Morgan fingerprint density at radius 1 is 1.28 bits per heavy atom. The smallest absolute Gasteiger partial charge is 0.273 e. The Bertz CT molecular complexity index is 1120. The standard InChI is InChI=1S/C15H11N5O5/c1-23-12-8-3-4-25-13(8)14(24-2)11(22)9(12)10(21)7-5-16-15-17-18-19-20(15)6-7/h3-6,22H,1-2H3. The van der Waals surface area contributed by atoms with Gasteiger partial charge in [0.25, 0.3) is 5.78 Å². The van der Waals surface area contributed by atoms with E-state index in [1.165, 1.54) is 37.4 Å². The van der Waals surface area contributed by atoms with Crippen molar-refractivity contribution in [3.8, 4) is 17.2 Å². The van der Waals surface area contributed by atoms with Crippen molar-refractivity contribution in [3.05, 3.63) is 35.9 Å². The van der Waals surface area contributed by atoms with Crippen molar-refractivity contribution in [3.63, 3.8) is 0 Å². The summed E-state index contributed by atoms with van der Waals surface area (Å²) in [5.41, 5.74) is 0.378. The predicted octanol–water partition coefficient (Wildman–Crippen LogP) is 1.22. The van der Waals surface area contributed by atoms with Crippen molar-refractivity contribution in [2.45, 2.75) is 0 Å². The van der Waals surface area contributed by atoms with Crippen molar-refractivity contribution in [2.24, 2.45) is 0 Å². The van der Waals surface area contributed by atoms with Gasteiger partial charge < -0.3 is 19.0 Å². The summed E-state index contributed by atoms with van der Waals surface area (Å²) in [6.45, 7) is 0. The van der Waals surface area contributed by atoms with Crippen molar-refractivity contribution < 1.29 is 23.8 Å². The van der Waals surface area contributed by atoms with Gasteiger partial charge in [-0.3, -0.25) is 4.79 Å². The van der Waals surface area contributed by atoms with Crippen LogP contribution < -0.4 is 9.47 Å². The molecule has 1 N–H and O–H groups in total. The highest BCUT2D eigenvalue weighted by Crippen LogP contribution is 2.46. The van der Waals surface area contributed by atoms with Crippen molar-refractivity contribution in [2.75, 3.05) is 14.2 Å². The minimum absolute atomic E-state index is 0.0422. The van der Waals surface area contributed by atoms with Crippen molar-refractivity contribution in [1.82, 2.24) is 25.0 Å². The summed E-state index contributed by atoms with van der Waals surface area (Å²) < 4.78 is 17.1. The maximum absolute atomic E-state index is 13.0. The van der Waals surface area contributed by atoms with Gasteiger partial charge in [-0.15, -0.1) is 0 Å². The lowest BCUT2D eigenvalue weighted by molar-refractivity contribution is 0.103. The SMILES string of the molecule is COc1c(C(=O)c2cnc3nnnn3c2)c(O)c(OC)c2occc12. The molecule has 25 heavy (non-hydrogen) atoms. The number of aromatic hydroxyl groups is 1. The molecule has 0 fully saturated rings. The summed E-state index contributed by atoms with van der Waals surface area (Å²) in [4.78, 5) is 17.0. The number of hydrogen-bond donors (Lipinski definition) is 1. The van der Waals surface area contributed by atoms with Gasteiger partial charge in [-0.1, -0.05) is 5.10 Å². The molecule has 10 heteroatoms. The number of phenolic OH excluding ortho intramolecular Hbond substituents is 1. The molecule has 3 heterocycles. The van der Waals surface area contributed by atoms with Crippen LogP contribution in [0, 0.1) is 0 Å². The molecule has 0 amide bonds. The van der Waals surface area contributed by atoms with E-state index < -0.39 is 5.78 Å². The van der Waals surface area contributed by atoms with Gasteiger partial charge in [0.2, 0.25) is 11.5 Å². The summed E-state index contributed by atoms with van der Waals surface area (Å²) in [5.74, 6) is -0.454. The minimum Gasteiger partial charge on any atom is -0.504 e. The van der Waals surface area contributed by atoms with Crippen LogP contribution in [0.1, 0.15) is 15.9 Å². The number of phenols is 1. The highest BCUT2D eigenvalue weighted by atomic mass is 16.5. The molecule has 0 radical (unpaired) electrons. The molecule has 4 rings (SSSR count). The largest absolute Gasteiger partial charge is 0.504 e. The van der Waals surface area contributed by atoms with Gasteiger partial charge in [0.1, 0.15) is 11.3 Å². The van der Waals surface area contributed by atoms with Crippen LogP contribution in [0.3, 0.4) is 0 Å². The highest BCUT2D eigenvalue weighted by molar-refractivity contribution is 6.16. The molecule has 0 unspecified atom stereocenters. The molecule has 0 saturated heterocycles. The third kappa shape index (κ3) is 2.07. The Morgan fingerprint density at radius 3 is 2.84 bits per heavy atom. The molecule has 0 bridgehead atoms. The molecule has 0 aliphatic heterocycles. The molecule has 126 valence electrons.